The summed E-state index contributed by atoms with van der Waals surface area (Å²) in [6.07, 6.45) is 3.75. The van der Waals surface area contributed by atoms with E-state index in [1.807, 2.05) is 26.0 Å². The fraction of sp³-hybridized carbons (Fsp3) is 0.308. The number of nitrogens with one attached hydrogen (secondary N) is 2. The van der Waals surface area contributed by atoms with Crippen molar-refractivity contribution in [2.45, 2.75) is 26.8 Å². The minimum Gasteiger partial charge on any atom is -0.352 e. The van der Waals surface area contributed by atoms with Crippen molar-refractivity contribution in [1.82, 2.24) is 20.5 Å². The molecule has 5 heteroatoms. The molecule has 0 aliphatic heterocycles. The Morgan fingerprint density at radius 1 is 1.33 bits per heavy atom. The van der Waals surface area contributed by atoms with Gasteiger partial charge in [-0.25, -0.2) is 0 Å². The highest BCUT2D eigenvalue weighted by Gasteiger charge is 2.08. The molecule has 94 valence electrons. The van der Waals surface area contributed by atoms with Crippen LogP contribution in [-0.2, 0) is 17.8 Å². The second-order valence-electron chi connectivity index (χ2n) is 4.22. The lowest BCUT2D eigenvalue weighted by Gasteiger charge is -2.05. The molecule has 2 rings (SSSR count). The first-order chi connectivity index (χ1) is 8.66. The highest BCUT2D eigenvalue weighted by Crippen LogP contribution is 2.08. The van der Waals surface area contributed by atoms with Crippen molar-refractivity contribution < 1.29 is 4.79 Å². The smallest absolute Gasteiger partial charge is 0.224 e. The summed E-state index contributed by atoms with van der Waals surface area (Å²) in [5.41, 5.74) is 3.94. The van der Waals surface area contributed by atoms with Crippen LogP contribution in [0.1, 0.15) is 22.5 Å². The minimum atomic E-state index is 0.00111. The number of aryl methyl sites for hydroxylation is 2. The topological polar surface area (TPSA) is 70.7 Å². The van der Waals surface area contributed by atoms with Gasteiger partial charge in [0.25, 0.3) is 0 Å². The van der Waals surface area contributed by atoms with Gasteiger partial charge in [-0.3, -0.25) is 14.9 Å². The van der Waals surface area contributed by atoms with Crippen molar-refractivity contribution in [2.24, 2.45) is 0 Å². The summed E-state index contributed by atoms with van der Waals surface area (Å²) >= 11 is 0. The maximum absolute atomic E-state index is 11.8. The molecule has 1 amide bonds. The Labute approximate surface area is 106 Å². The molecule has 2 heterocycles. The second kappa shape index (κ2) is 5.44. The second-order valence-corrected chi connectivity index (χ2v) is 4.22. The molecule has 2 aromatic rings. The minimum absolute atomic E-state index is 0.00111. The third-order valence-corrected chi connectivity index (χ3v) is 2.86. The zero-order valence-electron chi connectivity index (χ0n) is 10.5. The molecule has 2 aromatic heterocycles. The van der Waals surface area contributed by atoms with E-state index in [4.69, 9.17) is 0 Å². The van der Waals surface area contributed by atoms with Crippen molar-refractivity contribution in [3.05, 3.63) is 47.0 Å². The van der Waals surface area contributed by atoms with Crippen LogP contribution in [0.25, 0.3) is 0 Å². The summed E-state index contributed by atoms with van der Waals surface area (Å²) in [7, 11) is 0. The molecule has 0 fully saturated rings. The zero-order valence-corrected chi connectivity index (χ0v) is 10.5. The van der Waals surface area contributed by atoms with Gasteiger partial charge in [-0.1, -0.05) is 0 Å². The van der Waals surface area contributed by atoms with E-state index in [1.165, 1.54) is 0 Å². The van der Waals surface area contributed by atoms with Crippen LogP contribution >= 0.6 is 0 Å². The lowest BCUT2D eigenvalue weighted by Crippen LogP contribution is -2.25. The van der Waals surface area contributed by atoms with E-state index in [0.717, 1.165) is 22.5 Å². The number of carbonyl (C=O) groups excluding carboxylic acids is 1. The van der Waals surface area contributed by atoms with Gasteiger partial charge in [0.15, 0.2) is 0 Å². The van der Waals surface area contributed by atoms with Crippen LogP contribution < -0.4 is 5.32 Å². The van der Waals surface area contributed by atoms with E-state index >= 15 is 0 Å². The molecular weight excluding hydrogens is 228 g/mol. The Kier molecular flexibility index (Phi) is 3.72. The lowest BCUT2D eigenvalue weighted by molar-refractivity contribution is -0.120. The summed E-state index contributed by atoms with van der Waals surface area (Å²) < 4.78 is 0. The van der Waals surface area contributed by atoms with Gasteiger partial charge in [0, 0.05) is 30.2 Å². The highest BCUT2D eigenvalue weighted by molar-refractivity contribution is 5.78. The summed E-state index contributed by atoms with van der Waals surface area (Å²) in [6, 6.07) is 3.68. The van der Waals surface area contributed by atoms with Gasteiger partial charge in [-0.15, -0.1) is 0 Å². The molecule has 0 atom stereocenters. The number of aromatic nitrogens is 3. The number of aromatic amines is 1. The van der Waals surface area contributed by atoms with Crippen LogP contribution in [0, 0.1) is 13.8 Å². The molecule has 0 aliphatic rings. The average molecular weight is 244 g/mol. The Morgan fingerprint density at radius 2 is 2.06 bits per heavy atom. The van der Waals surface area contributed by atoms with Crippen LogP contribution in [0.2, 0.25) is 0 Å². The number of nitrogens with zero attached hydrogens (tertiary/aromatic N) is 2. The van der Waals surface area contributed by atoms with Gasteiger partial charge in [-0.05, 0) is 31.5 Å². The Bertz CT molecular complexity index is 514. The van der Waals surface area contributed by atoms with Crippen molar-refractivity contribution in [2.75, 3.05) is 0 Å². The predicted octanol–water partition coefficient (Wildman–Crippen LogP) is 1.28. The van der Waals surface area contributed by atoms with Gasteiger partial charge in [0.05, 0.1) is 12.1 Å². The number of pyridine rings is 1. The van der Waals surface area contributed by atoms with Crippen LogP contribution in [0.5, 0.6) is 0 Å². The fourth-order valence-corrected chi connectivity index (χ4v) is 1.77. The van der Waals surface area contributed by atoms with E-state index in [9.17, 15) is 4.79 Å². The van der Waals surface area contributed by atoms with Crippen molar-refractivity contribution in [1.29, 1.82) is 0 Å². The van der Waals surface area contributed by atoms with Crippen molar-refractivity contribution >= 4 is 5.91 Å². The summed E-state index contributed by atoms with van der Waals surface area (Å²) in [4.78, 5) is 15.7. The number of rotatable bonds is 4. The van der Waals surface area contributed by atoms with E-state index in [-0.39, 0.29) is 5.91 Å². The molecule has 0 aliphatic carbocycles. The Balaban J connectivity index is 1.89. The summed E-state index contributed by atoms with van der Waals surface area (Å²) in [5.74, 6) is 0.00111. The molecule has 5 nitrogen and oxygen atoms in total. The number of amides is 1. The van der Waals surface area contributed by atoms with E-state index in [2.05, 4.69) is 20.5 Å². The predicted molar refractivity (Wildman–Crippen MR) is 67.8 cm³/mol. The lowest BCUT2D eigenvalue weighted by atomic mass is 10.1. The Morgan fingerprint density at radius 3 is 2.67 bits per heavy atom. The zero-order chi connectivity index (χ0) is 13.0. The molecule has 0 saturated carbocycles. The van der Waals surface area contributed by atoms with Crippen LogP contribution in [0.15, 0.2) is 24.5 Å². The van der Waals surface area contributed by atoms with E-state index in [1.54, 1.807) is 12.4 Å². The van der Waals surface area contributed by atoms with E-state index in [0.29, 0.717) is 13.0 Å². The molecule has 0 radical (unpaired) electrons. The maximum Gasteiger partial charge on any atom is 0.224 e. The molecule has 0 aromatic carbocycles. The third kappa shape index (κ3) is 2.94. The standard InChI is InChI=1S/C13H16N4O/c1-9-12(10(2)17-16-9)8-15-13(18)7-11-3-5-14-6-4-11/h3-6H,7-8H2,1-2H3,(H,15,18)(H,16,17). The molecule has 0 saturated heterocycles. The van der Waals surface area contributed by atoms with Crippen molar-refractivity contribution in [3.63, 3.8) is 0 Å². The van der Waals surface area contributed by atoms with Gasteiger partial charge < -0.3 is 5.32 Å². The third-order valence-electron chi connectivity index (χ3n) is 2.86. The summed E-state index contributed by atoms with van der Waals surface area (Å²) in [6.45, 7) is 4.39. The normalized spacial score (nSPS) is 10.3. The van der Waals surface area contributed by atoms with E-state index < -0.39 is 0 Å². The summed E-state index contributed by atoms with van der Waals surface area (Å²) in [5, 5.41) is 9.89. The first-order valence-electron chi connectivity index (χ1n) is 5.83. The largest absolute Gasteiger partial charge is 0.352 e. The van der Waals surface area contributed by atoms with Crippen LogP contribution in [0.4, 0.5) is 0 Å². The Hall–Kier alpha value is -2.17. The van der Waals surface area contributed by atoms with Crippen LogP contribution in [0.3, 0.4) is 0 Å². The van der Waals surface area contributed by atoms with Gasteiger partial charge >= 0.3 is 0 Å². The SMILES string of the molecule is Cc1n[nH]c(C)c1CNC(=O)Cc1ccncc1. The fourth-order valence-electron chi connectivity index (χ4n) is 1.77. The molecule has 18 heavy (non-hydrogen) atoms. The molecule has 0 spiro atoms. The molecule has 0 bridgehead atoms. The van der Waals surface area contributed by atoms with Gasteiger partial charge in [0.1, 0.15) is 0 Å². The molecule has 2 N–H and O–H groups in total. The first kappa shape index (κ1) is 12.3. The maximum atomic E-state index is 11.8. The number of hydrogen-bond donors (Lipinski definition) is 2. The number of carbonyl (C=O) groups is 1. The van der Waals surface area contributed by atoms with Crippen molar-refractivity contribution in [3.8, 4) is 0 Å². The number of hydrogen-bond acceptors (Lipinski definition) is 3. The average Bonchev–Trinajstić information content (AvgIpc) is 2.68. The van der Waals surface area contributed by atoms with Crippen LogP contribution in [-0.4, -0.2) is 21.1 Å². The molecule has 0 unspecified atom stereocenters. The monoisotopic (exact) mass is 244 g/mol. The highest BCUT2D eigenvalue weighted by atomic mass is 16.1. The number of H-pyrrole nitrogens is 1. The van der Waals surface area contributed by atoms with Gasteiger partial charge in [-0.2, -0.15) is 5.10 Å². The first-order valence-corrected chi connectivity index (χ1v) is 5.83. The molecular formula is C13H16N4O. The quantitative estimate of drug-likeness (QED) is 0.851. The van der Waals surface area contributed by atoms with Gasteiger partial charge in [0.2, 0.25) is 5.91 Å².